The van der Waals surface area contributed by atoms with Crippen LogP contribution in [-0.4, -0.2) is 36.9 Å². The maximum Gasteiger partial charge on any atom is 0.247 e. The van der Waals surface area contributed by atoms with Crippen molar-refractivity contribution in [1.29, 1.82) is 0 Å². The van der Waals surface area contributed by atoms with Crippen molar-refractivity contribution in [2.75, 3.05) is 20.8 Å². The zero-order valence-electron chi connectivity index (χ0n) is 16.3. The smallest absolute Gasteiger partial charge is 0.247 e. The van der Waals surface area contributed by atoms with Crippen LogP contribution in [0.1, 0.15) is 17.9 Å². The SMILES string of the molecule is COc1ccc(CCNC(=O)CCc2nnc(-c3ccc(F)cc3)o2)cc1OC. The lowest BCUT2D eigenvalue weighted by Gasteiger charge is -2.10. The highest BCUT2D eigenvalue weighted by atomic mass is 19.1. The Kier molecular flexibility index (Phi) is 6.78. The molecule has 2 aromatic carbocycles. The molecule has 3 aromatic rings. The van der Waals surface area contributed by atoms with Gasteiger partial charge in [0.15, 0.2) is 11.5 Å². The van der Waals surface area contributed by atoms with E-state index in [0.717, 1.165) is 5.56 Å². The average Bonchev–Trinajstić information content (AvgIpc) is 3.21. The summed E-state index contributed by atoms with van der Waals surface area (Å²) >= 11 is 0. The number of benzene rings is 2. The number of methoxy groups -OCH3 is 2. The Labute approximate surface area is 167 Å². The van der Waals surface area contributed by atoms with Crippen molar-refractivity contribution >= 4 is 5.91 Å². The third-order valence-corrected chi connectivity index (χ3v) is 4.31. The molecule has 29 heavy (non-hydrogen) atoms. The minimum Gasteiger partial charge on any atom is -0.493 e. The number of aryl methyl sites for hydroxylation is 1. The summed E-state index contributed by atoms with van der Waals surface area (Å²) in [5.74, 6) is 1.54. The van der Waals surface area contributed by atoms with Crippen molar-refractivity contribution in [2.24, 2.45) is 0 Å². The van der Waals surface area contributed by atoms with Gasteiger partial charge in [0.2, 0.25) is 17.7 Å². The van der Waals surface area contributed by atoms with Crippen LogP contribution in [0.2, 0.25) is 0 Å². The summed E-state index contributed by atoms with van der Waals surface area (Å²) in [6.07, 6.45) is 1.23. The average molecular weight is 399 g/mol. The fourth-order valence-corrected chi connectivity index (χ4v) is 2.76. The van der Waals surface area contributed by atoms with E-state index in [0.29, 0.717) is 48.2 Å². The number of carbonyl (C=O) groups is 1. The molecule has 0 atom stereocenters. The number of rotatable bonds is 9. The lowest BCUT2D eigenvalue weighted by molar-refractivity contribution is -0.121. The maximum absolute atomic E-state index is 13.0. The van der Waals surface area contributed by atoms with Crippen LogP contribution in [-0.2, 0) is 17.6 Å². The molecule has 0 saturated carbocycles. The second-order valence-corrected chi connectivity index (χ2v) is 6.30. The number of ether oxygens (including phenoxy) is 2. The van der Waals surface area contributed by atoms with Crippen molar-refractivity contribution in [2.45, 2.75) is 19.3 Å². The summed E-state index contributed by atoms with van der Waals surface area (Å²) in [5, 5.41) is 10.7. The Balaban J connectivity index is 1.44. The van der Waals surface area contributed by atoms with E-state index < -0.39 is 0 Å². The number of carbonyl (C=O) groups excluding carboxylic acids is 1. The number of hydrogen-bond donors (Lipinski definition) is 1. The first-order valence-corrected chi connectivity index (χ1v) is 9.15. The Morgan fingerprint density at radius 1 is 1.03 bits per heavy atom. The van der Waals surface area contributed by atoms with Crippen LogP contribution < -0.4 is 14.8 Å². The first kappa shape index (κ1) is 20.3. The summed E-state index contributed by atoms with van der Waals surface area (Å²) < 4.78 is 29.0. The molecular formula is C21H22FN3O4. The van der Waals surface area contributed by atoms with Crippen LogP contribution in [0, 0.1) is 5.82 Å². The molecule has 1 N–H and O–H groups in total. The Hall–Kier alpha value is -3.42. The summed E-state index contributed by atoms with van der Waals surface area (Å²) in [5.41, 5.74) is 1.66. The third-order valence-electron chi connectivity index (χ3n) is 4.31. The molecule has 0 unspecified atom stereocenters. The molecule has 0 aliphatic carbocycles. The Morgan fingerprint density at radius 2 is 1.79 bits per heavy atom. The monoisotopic (exact) mass is 399 g/mol. The number of hydrogen-bond acceptors (Lipinski definition) is 6. The van der Waals surface area contributed by atoms with E-state index in [1.165, 1.54) is 12.1 Å². The van der Waals surface area contributed by atoms with Gasteiger partial charge in [0, 0.05) is 24.9 Å². The van der Waals surface area contributed by atoms with Crippen molar-refractivity contribution in [3.05, 3.63) is 59.7 Å². The molecule has 8 heteroatoms. The first-order chi connectivity index (χ1) is 14.1. The predicted molar refractivity (Wildman–Crippen MR) is 104 cm³/mol. The molecule has 152 valence electrons. The van der Waals surface area contributed by atoms with Gasteiger partial charge in [0.25, 0.3) is 0 Å². The molecule has 3 rings (SSSR count). The fraction of sp³-hybridized carbons (Fsp3) is 0.286. The molecule has 1 amide bonds. The van der Waals surface area contributed by atoms with Gasteiger partial charge >= 0.3 is 0 Å². The molecule has 0 radical (unpaired) electrons. The van der Waals surface area contributed by atoms with E-state index in [1.807, 2.05) is 18.2 Å². The van der Waals surface area contributed by atoms with Crippen LogP contribution in [0.25, 0.3) is 11.5 Å². The minimum absolute atomic E-state index is 0.105. The summed E-state index contributed by atoms with van der Waals surface area (Å²) in [7, 11) is 3.17. The molecule has 0 spiro atoms. The largest absolute Gasteiger partial charge is 0.493 e. The van der Waals surface area contributed by atoms with Crippen molar-refractivity contribution in [1.82, 2.24) is 15.5 Å². The van der Waals surface area contributed by atoms with Crippen molar-refractivity contribution < 1.29 is 23.1 Å². The molecule has 0 bridgehead atoms. The van der Waals surface area contributed by atoms with E-state index in [2.05, 4.69) is 15.5 Å². The van der Waals surface area contributed by atoms with Crippen LogP contribution >= 0.6 is 0 Å². The van der Waals surface area contributed by atoms with E-state index in [4.69, 9.17) is 13.9 Å². The molecule has 0 fully saturated rings. The number of halogens is 1. The van der Waals surface area contributed by atoms with E-state index in [9.17, 15) is 9.18 Å². The van der Waals surface area contributed by atoms with E-state index >= 15 is 0 Å². The van der Waals surface area contributed by atoms with Crippen molar-refractivity contribution in [3.8, 4) is 23.0 Å². The summed E-state index contributed by atoms with van der Waals surface area (Å²) in [6, 6.07) is 11.4. The normalized spacial score (nSPS) is 10.6. The van der Waals surface area contributed by atoms with Crippen molar-refractivity contribution in [3.63, 3.8) is 0 Å². The van der Waals surface area contributed by atoms with E-state index in [-0.39, 0.29) is 18.1 Å². The lowest BCUT2D eigenvalue weighted by Crippen LogP contribution is -2.25. The topological polar surface area (TPSA) is 86.5 Å². The van der Waals surface area contributed by atoms with Crippen LogP contribution in [0.15, 0.2) is 46.9 Å². The van der Waals surface area contributed by atoms with Gasteiger partial charge in [-0.1, -0.05) is 6.07 Å². The summed E-state index contributed by atoms with van der Waals surface area (Å²) in [4.78, 5) is 12.1. The fourth-order valence-electron chi connectivity index (χ4n) is 2.76. The third kappa shape index (κ3) is 5.54. The second kappa shape index (κ2) is 9.68. The number of nitrogens with zero attached hydrogens (tertiary/aromatic N) is 2. The highest BCUT2D eigenvalue weighted by Gasteiger charge is 2.11. The highest BCUT2D eigenvalue weighted by molar-refractivity contribution is 5.76. The highest BCUT2D eigenvalue weighted by Crippen LogP contribution is 2.27. The number of nitrogens with one attached hydrogen (secondary N) is 1. The lowest BCUT2D eigenvalue weighted by atomic mass is 10.1. The molecule has 0 aliphatic rings. The van der Waals surface area contributed by atoms with Gasteiger partial charge in [0.1, 0.15) is 5.82 Å². The van der Waals surface area contributed by atoms with Crippen LogP contribution in [0.3, 0.4) is 0 Å². The quantitative estimate of drug-likeness (QED) is 0.595. The van der Waals surface area contributed by atoms with Gasteiger partial charge in [-0.25, -0.2) is 4.39 Å². The summed E-state index contributed by atoms with van der Waals surface area (Å²) in [6.45, 7) is 0.499. The number of aromatic nitrogens is 2. The maximum atomic E-state index is 13.0. The van der Waals surface area contributed by atoms with E-state index in [1.54, 1.807) is 26.4 Å². The first-order valence-electron chi connectivity index (χ1n) is 9.15. The van der Waals surface area contributed by atoms with Crippen LogP contribution in [0.4, 0.5) is 4.39 Å². The molecule has 0 aliphatic heterocycles. The Bertz CT molecular complexity index is 957. The molecular weight excluding hydrogens is 377 g/mol. The van der Waals surface area contributed by atoms with Gasteiger partial charge in [-0.2, -0.15) is 0 Å². The molecule has 1 heterocycles. The zero-order chi connectivity index (χ0) is 20.6. The van der Waals surface area contributed by atoms with Gasteiger partial charge < -0.3 is 19.2 Å². The van der Waals surface area contributed by atoms with Gasteiger partial charge in [-0.3, -0.25) is 4.79 Å². The standard InChI is InChI=1S/C21H22FN3O4/c1-27-17-8-3-14(13-18(17)28-2)11-12-23-19(26)9-10-20-24-25-21(29-20)15-4-6-16(22)7-5-15/h3-8,13H,9-12H2,1-2H3,(H,23,26). The number of amides is 1. The minimum atomic E-state index is -0.335. The van der Waals surface area contributed by atoms with Crippen LogP contribution in [0.5, 0.6) is 11.5 Å². The molecule has 7 nitrogen and oxygen atoms in total. The van der Waals surface area contributed by atoms with Gasteiger partial charge in [0.05, 0.1) is 14.2 Å². The van der Waals surface area contributed by atoms with Gasteiger partial charge in [-0.05, 0) is 48.4 Å². The second-order valence-electron chi connectivity index (χ2n) is 6.30. The molecule has 1 aromatic heterocycles. The Morgan fingerprint density at radius 3 is 2.52 bits per heavy atom. The molecule has 0 saturated heterocycles. The zero-order valence-corrected chi connectivity index (χ0v) is 16.3. The predicted octanol–water partition coefficient (Wildman–Crippen LogP) is 3.18. The van der Waals surface area contributed by atoms with Gasteiger partial charge in [-0.15, -0.1) is 10.2 Å².